The Morgan fingerprint density at radius 2 is 2.09 bits per heavy atom. The van der Waals surface area contributed by atoms with Crippen molar-refractivity contribution in [3.8, 4) is 11.5 Å². The van der Waals surface area contributed by atoms with E-state index in [4.69, 9.17) is 9.47 Å². The van der Waals surface area contributed by atoms with Crippen LogP contribution in [0, 0.1) is 17.3 Å². The van der Waals surface area contributed by atoms with Crippen molar-refractivity contribution in [3.05, 3.63) is 35.9 Å². The van der Waals surface area contributed by atoms with Crippen molar-refractivity contribution in [3.63, 3.8) is 0 Å². The molecular weight excluding hydrogens is 272 g/mol. The SMILES string of the molecule is COc1ccc2c(c1)C[C@@H]1[C@@]3(C)CCC=C[C@@H]3CC[C@@]1(C)O2. The zero-order valence-corrected chi connectivity index (χ0v) is 13.9. The fourth-order valence-electron chi connectivity index (χ4n) is 5.22. The normalized spacial score (nSPS) is 39.2. The van der Waals surface area contributed by atoms with Crippen LogP contribution >= 0.6 is 0 Å². The van der Waals surface area contributed by atoms with E-state index >= 15 is 0 Å². The Kier molecular flexibility index (Phi) is 3.08. The lowest BCUT2D eigenvalue weighted by atomic mass is 9.51. The number of fused-ring (bicyclic) bond motifs is 4. The Morgan fingerprint density at radius 3 is 2.91 bits per heavy atom. The van der Waals surface area contributed by atoms with Gasteiger partial charge in [-0.1, -0.05) is 19.1 Å². The Balaban J connectivity index is 1.76. The molecule has 1 heterocycles. The summed E-state index contributed by atoms with van der Waals surface area (Å²) in [6, 6.07) is 6.27. The number of hydrogen-bond donors (Lipinski definition) is 0. The molecule has 4 rings (SSSR count). The zero-order valence-electron chi connectivity index (χ0n) is 13.9. The molecule has 0 saturated heterocycles. The summed E-state index contributed by atoms with van der Waals surface area (Å²) in [6.07, 6.45) is 10.9. The minimum absolute atomic E-state index is 0.0159. The first-order chi connectivity index (χ1) is 10.5. The third-order valence-corrected chi connectivity index (χ3v) is 6.58. The van der Waals surface area contributed by atoms with Gasteiger partial charge in [0.25, 0.3) is 0 Å². The molecule has 1 fully saturated rings. The molecule has 4 atom stereocenters. The number of benzene rings is 1. The number of ether oxygens (including phenoxy) is 2. The molecule has 3 aliphatic rings. The second-order valence-corrected chi connectivity index (χ2v) is 7.76. The molecule has 0 aromatic heterocycles. The molecule has 2 heteroatoms. The summed E-state index contributed by atoms with van der Waals surface area (Å²) >= 11 is 0. The fraction of sp³-hybridized carbons (Fsp3) is 0.600. The van der Waals surface area contributed by atoms with E-state index < -0.39 is 0 Å². The Hall–Kier alpha value is -1.44. The molecule has 0 unspecified atom stereocenters. The Labute approximate surface area is 133 Å². The standard InChI is InChI=1S/C20H26O2/c1-19-10-5-4-6-15(19)9-11-20(2)18(19)13-14-12-16(21-3)7-8-17(14)22-20/h4,6-8,12,15,18H,5,9-11,13H2,1-3H3/t15-,18-,19+,20-/m1/s1. The van der Waals surface area contributed by atoms with Crippen LogP contribution in [0.2, 0.25) is 0 Å². The van der Waals surface area contributed by atoms with Crippen molar-refractivity contribution in [1.82, 2.24) is 0 Å². The third-order valence-electron chi connectivity index (χ3n) is 6.58. The molecular formula is C20H26O2. The quantitative estimate of drug-likeness (QED) is 0.695. The van der Waals surface area contributed by atoms with Gasteiger partial charge in [-0.2, -0.15) is 0 Å². The predicted molar refractivity (Wildman–Crippen MR) is 88.4 cm³/mol. The van der Waals surface area contributed by atoms with Crippen molar-refractivity contribution < 1.29 is 9.47 Å². The summed E-state index contributed by atoms with van der Waals surface area (Å²) in [5.74, 6) is 3.30. The van der Waals surface area contributed by atoms with Crippen LogP contribution in [0.5, 0.6) is 11.5 Å². The highest BCUT2D eigenvalue weighted by molar-refractivity contribution is 5.43. The van der Waals surface area contributed by atoms with Crippen molar-refractivity contribution in [1.29, 1.82) is 0 Å². The van der Waals surface area contributed by atoms with Crippen LogP contribution < -0.4 is 9.47 Å². The van der Waals surface area contributed by atoms with Gasteiger partial charge in [-0.15, -0.1) is 0 Å². The van der Waals surface area contributed by atoms with E-state index in [2.05, 4.69) is 38.1 Å². The number of rotatable bonds is 1. The lowest BCUT2D eigenvalue weighted by Crippen LogP contribution is -2.58. The zero-order chi connectivity index (χ0) is 15.4. The van der Waals surface area contributed by atoms with E-state index in [0.29, 0.717) is 11.3 Å². The predicted octanol–water partition coefficient (Wildman–Crippen LogP) is 4.77. The van der Waals surface area contributed by atoms with E-state index in [1.807, 2.05) is 6.07 Å². The van der Waals surface area contributed by atoms with Gasteiger partial charge in [0, 0.05) is 5.92 Å². The smallest absolute Gasteiger partial charge is 0.123 e. The highest BCUT2D eigenvalue weighted by Crippen LogP contribution is 2.59. The highest BCUT2D eigenvalue weighted by Gasteiger charge is 2.56. The Bertz CT molecular complexity index is 620. The molecule has 118 valence electrons. The van der Waals surface area contributed by atoms with Crippen LogP contribution in [0.25, 0.3) is 0 Å². The number of methoxy groups -OCH3 is 1. The van der Waals surface area contributed by atoms with Crippen LogP contribution in [-0.2, 0) is 6.42 Å². The second kappa shape index (κ2) is 4.78. The van der Waals surface area contributed by atoms with Crippen molar-refractivity contribution in [2.45, 2.75) is 51.6 Å². The fourth-order valence-corrected chi connectivity index (χ4v) is 5.22. The molecule has 2 aliphatic carbocycles. The summed E-state index contributed by atoms with van der Waals surface area (Å²) in [7, 11) is 1.74. The van der Waals surface area contributed by atoms with Crippen LogP contribution in [0.3, 0.4) is 0 Å². The second-order valence-electron chi connectivity index (χ2n) is 7.76. The average molecular weight is 298 g/mol. The first kappa shape index (κ1) is 14.2. The van der Waals surface area contributed by atoms with Crippen LogP contribution in [-0.4, -0.2) is 12.7 Å². The Morgan fingerprint density at radius 1 is 1.23 bits per heavy atom. The van der Waals surface area contributed by atoms with Crippen LogP contribution in [0.15, 0.2) is 30.4 Å². The lowest BCUT2D eigenvalue weighted by Gasteiger charge is -2.58. The number of allylic oxidation sites excluding steroid dienone is 2. The van der Waals surface area contributed by atoms with E-state index in [0.717, 1.165) is 30.3 Å². The molecule has 0 N–H and O–H groups in total. The largest absolute Gasteiger partial charge is 0.497 e. The molecule has 0 amide bonds. The minimum atomic E-state index is -0.0159. The summed E-state index contributed by atoms with van der Waals surface area (Å²) in [6.45, 7) is 4.84. The minimum Gasteiger partial charge on any atom is -0.497 e. The summed E-state index contributed by atoms with van der Waals surface area (Å²) in [5.41, 5.74) is 1.67. The maximum absolute atomic E-state index is 6.56. The third kappa shape index (κ3) is 1.92. The first-order valence-electron chi connectivity index (χ1n) is 8.58. The monoisotopic (exact) mass is 298 g/mol. The maximum atomic E-state index is 6.56. The molecule has 1 aliphatic heterocycles. The van der Waals surface area contributed by atoms with Gasteiger partial charge in [-0.3, -0.25) is 0 Å². The van der Waals surface area contributed by atoms with Gasteiger partial charge in [0.15, 0.2) is 0 Å². The van der Waals surface area contributed by atoms with Crippen LogP contribution in [0.4, 0.5) is 0 Å². The topological polar surface area (TPSA) is 18.5 Å². The van der Waals surface area contributed by atoms with Gasteiger partial charge in [-0.25, -0.2) is 0 Å². The van der Waals surface area contributed by atoms with Crippen molar-refractivity contribution in [2.24, 2.45) is 17.3 Å². The maximum Gasteiger partial charge on any atom is 0.123 e. The van der Waals surface area contributed by atoms with E-state index in [9.17, 15) is 0 Å². The van der Waals surface area contributed by atoms with Gasteiger partial charge in [0.2, 0.25) is 0 Å². The van der Waals surface area contributed by atoms with E-state index in [-0.39, 0.29) is 5.60 Å². The van der Waals surface area contributed by atoms with Gasteiger partial charge in [0.1, 0.15) is 17.1 Å². The van der Waals surface area contributed by atoms with Gasteiger partial charge >= 0.3 is 0 Å². The molecule has 0 radical (unpaired) electrons. The summed E-state index contributed by atoms with van der Waals surface area (Å²) in [5, 5.41) is 0. The number of hydrogen-bond acceptors (Lipinski definition) is 2. The summed E-state index contributed by atoms with van der Waals surface area (Å²) < 4.78 is 12.0. The van der Waals surface area contributed by atoms with Gasteiger partial charge in [0.05, 0.1) is 7.11 Å². The molecule has 0 spiro atoms. The van der Waals surface area contributed by atoms with Crippen LogP contribution in [0.1, 0.15) is 45.1 Å². The molecule has 22 heavy (non-hydrogen) atoms. The lowest BCUT2D eigenvalue weighted by molar-refractivity contribution is -0.112. The van der Waals surface area contributed by atoms with Gasteiger partial charge < -0.3 is 9.47 Å². The molecule has 0 bridgehead atoms. The van der Waals surface area contributed by atoms with Crippen molar-refractivity contribution >= 4 is 0 Å². The van der Waals surface area contributed by atoms with E-state index in [1.165, 1.54) is 24.8 Å². The molecule has 1 saturated carbocycles. The highest BCUT2D eigenvalue weighted by atomic mass is 16.5. The van der Waals surface area contributed by atoms with Crippen molar-refractivity contribution in [2.75, 3.05) is 7.11 Å². The molecule has 2 nitrogen and oxygen atoms in total. The average Bonchev–Trinajstić information content (AvgIpc) is 2.52. The van der Waals surface area contributed by atoms with E-state index in [1.54, 1.807) is 7.11 Å². The molecule has 1 aromatic rings. The van der Waals surface area contributed by atoms with Gasteiger partial charge in [-0.05, 0) is 74.1 Å². The molecule has 1 aromatic carbocycles. The first-order valence-corrected chi connectivity index (χ1v) is 8.58. The summed E-state index contributed by atoms with van der Waals surface area (Å²) in [4.78, 5) is 0.